The summed E-state index contributed by atoms with van der Waals surface area (Å²) in [6.45, 7) is 1.91. The Bertz CT molecular complexity index is 698. The molecule has 21 heavy (non-hydrogen) atoms. The Morgan fingerprint density at radius 1 is 1.43 bits per heavy atom. The second-order valence-corrected chi connectivity index (χ2v) is 4.21. The number of nitrogens with zero attached hydrogens (tertiary/aromatic N) is 3. The molecule has 0 bridgehead atoms. The minimum Gasteiger partial charge on any atom is -0.434 e. The van der Waals surface area contributed by atoms with Crippen LogP contribution < -0.4 is 10.5 Å². The van der Waals surface area contributed by atoms with E-state index in [-0.39, 0.29) is 23.0 Å². The van der Waals surface area contributed by atoms with Crippen molar-refractivity contribution in [2.45, 2.75) is 6.92 Å². The SMILES string of the molecule is Cc1ccc(Oc2ncc(/C(N)=N/O)cc2[N+](=O)[O-])cc1. The van der Waals surface area contributed by atoms with Crippen LogP contribution in [0.15, 0.2) is 41.7 Å². The van der Waals surface area contributed by atoms with Crippen LogP contribution in [0, 0.1) is 17.0 Å². The molecule has 3 N–H and O–H groups in total. The first-order valence-corrected chi connectivity index (χ1v) is 5.88. The molecule has 0 amide bonds. The molecular weight excluding hydrogens is 276 g/mol. The highest BCUT2D eigenvalue weighted by Gasteiger charge is 2.20. The zero-order chi connectivity index (χ0) is 15.4. The monoisotopic (exact) mass is 288 g/mol. The van der Waals surface area contributed by atoms with Crippen molar-refractivity contribution in [2.24, 2.45) is 10.9 Å². The number of rotatable bonds is 4. The van der Waals surface area contributed by atoms with Crippen LogP contribution in [0.25, 0.3) is 0 Å². The van der Waals surface area contributed by atoms with E-state index in [4.69, 9.17) is 15.7 Å². The summed E-state index contributed by atoms with van der Waals surface area (Å²) in [5, 5.41) is 22.4. The first kappa shape index (κ1) is 14.3. The molecule has 0 saturated heterocycles. The van der Waals surface area contributed by atoms with Gasteiger partial charge in [0.25, 0.3) is 5.88 Å². The van der Waals surface area contributed by atoms with Crippen molar-refractivity contribution in [3.8, 4) is 11.6 Å². The molecule has 1 heterocycles. The number of amidine groups is 1. The van der Waals surface area contributed by atoms with Gasteiger partial charge in [0, 0.05) is 17.8 Å². The van der Waals surface area contributed by atoms with E-state index < -0.39 is 4.92 Å². The number of oxime groups is 1. The van der Waals surface area contributed by atoms with Gasteiger partial charge in [0.1, 0.15) is 5.75 Å². The first-order chi connectivity index (χ1) is 10.0. The van der Waals surface area contributed by atoms with Crippen molar-refractivity contribution < 1.29 is 14.9 Å². The van der Waals surface area contributed by atoms with Crippen LogP contribution in [0.4, 0.5) is 5.69 Å². The number of aryl methyl sites for hydroxylation is 1. The summed E-state index contributed by atoms with van der Waals surface area (Å²) in [4.78, 5) is 14.3. The van der Waals surface area contributed by atoms with Crippen molar-refractivity contribution in [3.63, 3.8) is 0 Å². The van der Waals surface area contributed by atoms with E-state index in [0.29, 0.717) is 5.75 Å². The Balaban J connectivity index is 2.39. The van der Waals surface area contributed by atoms with Crippen LogP contribution in [0.2, 0.25) is 0 Å². The third-order valence-corrected chi connectivity index (χ3v) is 2.67. The lowest BCUT2D eigenvalue weighted by Crippen LogP contribution is -2.14. The summed E-state index contributed by atoms with van der Waals surface area (Å²) >= 11 is 0. The van der Waals surface area contributed by atoms with E-state index in [0.717, 1.165) is 11.6 Å². The molecule has 1 aromatic heterocycles. The number of nitro groups is 1. The molecule has 8 heteroatoms. The maximum Gasteiger partial charge on any atom is 0.332 e. The van der Waals surface area contributed by atoms with Crippen molar-refractivity contribution in [1.82, 2.24) is 4.98 Å². The number of nitrogens with two attached hydrogens (primary N) is 1. The minimum absolute atomic E-state index is 0.125. The zero-order valence-electron chi connectivity index (χ0n) is 11.1. The van der Waals surface area contributed by atoms with Gasteiger partial charge < -0.3 is 15.7 Å². The average Bonchev–Trinajstić information content (AvgIpc) is 2.49. The van der Waals surface area contributed by atoms with Gasteiger partial charge in [-0.05, 0) is 19.1 Å². The van der Waals surface area contributed by atoms with Gasteiger partial charge in [0.15, 0.2) is 5.84 Å². The van der Waals surface area contributed by atoms with E-state index in [2.05, 4.69) is 10.1 Å². The summed E-state index contributed by atoms with van der Waals surface area (Å²) in [7, 11) is 0. The molecule has 0 aliphatic rings. The first-order valence-electron chi connectivity index (χ1n) is 5.88. The van der Waals surface area contributed by atoms with Crippen LogP contribution in [-0.4, -0.2) is 21.0 Å². The number of hydrogen-bond acceptors (Lipinski definition) is 6. The van der Waals surface area contributed by atoms with E-state index in [1.165, 1.54) is 6.20 Å². The van der Waals surface area contributed by atoms with Crippen LogP contribution >= 0.6 is 0 Å². The van der Waals surface area contributed by atoms with Gasteiger partial charge in [-0.2, -0.15) is 0 Å². The largest absolute Gasteiger partial charge is 0.434 e. The number of ether oxygens (including phenoxy) is 1. The fourth-order valence-electron chi connectivity index (χ4n) is 1.57. The van der Waals surface area contributed by atoms with Gasteiger partial charge in [0.05, 0.1) is 4.92 Å². The second kappa shape index (κ2) is 5.87. The number of pyridine rings is 1. The summed E-state index contributed by atoms with van der Waals surface area (Å²) in [6, 6.07) is 8.11. The predicted octanol–water partition coefficient (Wildman–Crippen LogP) is 2.19. The molecule has 0 aliphatic heterocycles. The molecule has 1 aromatic carbocycles. The lowest BCUT2D eigenvalue weighted by Gasteiger charge is -2.06. The Morgan fingerprint density at radius 2 is 2.10 bits per heavy atom. The summed E-state index contributed by atoms with van der Waals surface area (Å²) in [5.41, 5.74) is 6.16. The maximum atomic E-state index is 11.1. The van der Waals surface area contributed by atoms with Crippen molar-refractivity contribution in [2.75, 3.05) is 0 Å². The van der Waals surface area contributed by atoms with Gasteiger partial charge >= 0.3 is 5.69 Å². The van der Waals surface area contributed by atoms with Crippen LogP contribution in [0.1, 0.15) is 11.1 Å². The van der Waals surface area contributed by atoms with Crippen molar-refractivity contribution in [3.05, 3.63) is 57.8 Å². The molecule has 0 unspecified atom stereocenters. The normalized spacial score (nSPS) is 11.2. The highest BCUT2D eigenvalue weighted by Crippen LogP contribution is 2.29. The third-order valence-electron chi connectivity index (χ3n) is 2.67. The molecule has 0 aliphatic carbocycles. The molecular formula is C13H12N4O4. The average molecular weight is 288 g/mol. The van der Waals surface area contributed by atoms with E-state index in [1.807, 2.05) is 19.1 Å². The standard InChI is InChI=1S/C13H12N4O4/c1-8-2-4-10(5-3-8)21-13-11(17(19)20)6-9(7-15-13)12(14)16-18/h2-7,18H,1H3,(H2,14,16). The van der Waals surface area contributed by atoms with Crippen LogP contribution in [0.3, 0.4) is 0 Å². The lowest BCUT2D eigenvalue weighted by molar-refractivity contribution is -0.386. The highest BCUT2D eigenvalue weighted by molar-refractivity contribution is 5.97. The molecule has 2 rings (SSSR count). The Hall–Kier alpha value is -3.16. The molecule has 0 fully saturated rings. The van der Waals surface area contributed by atoms with Gasteiger partial charge in [0.2, 0.25) is 0 Å². The van der Waals surface area contributed by atoms with Gasteiger partial charge in [-0.1, -0.05) is 22.9 Å². The summed E-state index contributed by atoms with van der Waals surface area (Å²) in [6.07, 6.45) is 1.23. The van der Waals surface area contributed by atoms with E-state index in [9.17, 15) is 10.1 Å². The topological polar surface area (TPSA) is 124 Å². The smallest absolute Gasteiger partial charge is 0.332 e. The zero-order valence-corrected chi connectivity index (χ0v) is 11.1. The predicted molar refractivity (Wildman–Crippen MR) is 74.7 cm³/mol. The van der Waals surface area contributed by atoms with E-state index in [1.54, 1.807) is 12.1 Å². The maximum absolute atomic E-state index is 11.1. The molecule has 8 nitrogen and oxygen atoms in total. The Labute approximate surface area is 119 Å². The summed E-state index contributed by atoms with van der Waals surface area (Å²) in [5.74, 6) is -0.0152. The second-order valence-electron chi connectivity index (χ2n) is 4.21. The quantitative estimate of drug-likeness (QED) is 0.292. The Morgan fingerprint density at radius 3 is 2.67 bits per heavy atom. The van der Waals surface area contributed by atoms with Crippen LogP contribution in [-0.2, 0) is 0 Å². The number of hydrogen-bond donors (Lipinski definition) is 2. The molecule has 2 aromatic rings. The van der Waals surface area contributed by atoms with Gasteiger partial charge in [-0.25, -0.2) is 4.98 Å². The van der Waals surface area contributed by atoms with Crippen molar-refractivity contribution in [1.29, 1.82) is 0 Å². The fraction of sp³-hybridized carbons (Fsp3) is 0.0769. The number of benzene rings is 1. The third kappa shape index (κ3) is 3.24. The molecule has 0 radical (unpaired) electrons. The highest BCUT2D eigenvalue weighted by atomic mass is 16.6. The van der Waals surface area contributed by atoms with Gasteiger partial charge in [-0.15, -0.1) is 0 Å². The minimum atomic E-state index is -0.648. The molecule has 0 spiro atoms. The molecule has 0 saturated carbocycles. The molecule has 108 valence electrons. The van der Waals surface area contributed by atoms with E-state index >= 15 is 0 Å². The summed E-state index contributed by atoms with van der Waals surface area (Å²) < 4.78 is 5.40. The Kier molecular flexibility index (Phi) is 3.98. The molecule has 0 atom stereocenters. The van der Waals surface area contributed by atoms with Crippen LogP contribution in [0.5, 0.6) is 11.6 Å². The van der Waals surface area contributed by atoms with Crippen molar-refractivity contribution >= 4 is 11.5 Å². The fourth-order valence-corrected chi connectivity index (χ4v) is 1.57. The van der Waals surface area contributed by atoms with Gasteiger partial charge in [-0.3, -0.25) is 10.1 Å². The number of aromatic nitrogens is 1. The lowest BCUT2D eigenvalue weighted by atomic mass is 10.2.